The number of unbranched alkanes of at least 4 members (excludes halogenated alkanes) is 2. The highest BCUT2D eigenvalue weighted by atomic mass is 14.3. The van der Waals surface area contributed by atoms with Crippen molar-refractivity contribution in [2.75, 3.05) is 0 Å². The molecule has 70 valence electrons. The van der Waals surface area contributed by atoms with E-state index in [1.54, 1.807) is 0 Å². The van der Waals surface area contributed by atoms with Gasteiger partial charge in [-0.1, -0.05) is 58.3 Å². The van der Waals surface area contributed by atoms with Gasteiger partial charge in [-0.05, 0) is 18.8 Å². The number of rotatable bonds is 5. The monoisotopic (exact) mass is 166 g/mol. The van der Waals surface area contributed by atoms with Crippen molar-refractivity contribution >= 4 is 0 Å². The molecular formula is C12H22. The van der Waals surface area contributed by atoms with Crippen LogP contribution in [-0.2, 0) is 0 Å². The Labute approximate surface area is 77.7 Å². The molecule has 1 fully saturated rings. The first-order valence-electron chi connectivity index (χ1n) is 5.47. The molecule has 1 aliphatic carbocycles. The van der Waals surface area contributed by atoms with Crippen molar-refractivity contribution < 1.29 is 0 Å². The second kappa shape index (κ2) is 5.61. The zero-order valence-corrected chi connectivity index (χ0v) is 8.23. The summed E-state index contributed by atoms with van der Waals surface area (Å²) >= 11 is 0. The molecule has 0 aromatic heterocycles. The molecule has 0 heterocycles. The zero-order valence-electron chi connectivity index (χ0n) is 8.23. The lowest BCUT2D eigenvalue weighted by molar-refractivity contribution is 0.369. The van der Waals surface area contributed by atoms with Gasteiger partial charge in [0.1, 0.15) is 0 Å². The summed E-state index contributed by atoms with van der Waals surface area (Å²) in [7, 11) is 0. The van der Waals surface area contributed by atoms with Gasteiger partial charge < -0.3 is 0 Å². The molecule has 0 bridgehead atoms. The van der Waals surface area contributed by atoms with E-state index in [-0.39, 0.29) is 0 Å². The van der Waals surface area contributed by atoms with E-state index in [1.165, 1.54) is 44.9 Å². The van der Waals surface area contributed by atoms with Gasteiger partial charge in [0.25, 0.3) is 0 Å². The average molecular weight is 166 g/mol. The van der Waals surface area contributed by atoms with Crippen LogP contribution in [0.1, 0.15) is 51.4 Å². The van der Waals surface area contributed by atoms with Crippen molar-refractivity contribution in [2.24, 2.45) is 11.8 Å². The largest absolute Gasteiger partial charge is 0.0533 e. The molecule has 1 aliphatic rings. The third-order valence-electron chi connectivity index (χ3n) is 3.14. The van der Waals surface area contributed by atoms with E-state index < -0.39 is 0 Å². The summed E-state index contributed by atoms with van der Waals surface area (Å²) < 4.78 is 0. The minimum atomic E-state index is 0.735. The molecule has 1 saturated carbocycles. The van der Waals surface area contributed by atoms with Crippen molar-refractivity contribution in [2.45, 2.75) is 51.4 Å². The van der Waals surface area contributed by atoms with E-state index in [2.05, 4.69) is 13.8 Å². The van der Waals surface area contributed by atoms with Crippen LogP contribution in [0.4, 0.5) is 0 Å². The minimum absolute atomic E-state index is 0.735. The summed E-state index contributed by atoms with van der Waals surface area (Å²) in [5, 5.41) is 0. The lowest BCUT2D eigenvalue weighted by atomic mass is 9.88. The predicted molar refractivity (Wildman–Crippen MR) is 54.6 cm³/mol. The molecule has 0 aromatic carbocycles. The molecule has 0 saturated heterocycles. The molecule has 1 unspecified atom stereocenters. The summed E-state index contributed by atoms with van der Waals surface area (Å²) in [6.07, 6.45) is 10.8. The van der Waals surface area contributed by atoms with Crippen LogP contribution in [0.3, 0.4) is 0 Å². The Balaban J connectivity index is 2.05. The predicted octanol–water partition coefficient (Wildman–Crippen LogP) is 4.02. The Bertz CT molecular complexity index is 101. The van der Waals surface area contributed by atoms with Gasteiger partial charge in [0.15, 0.2) is 0 Å². The van der Waals surface area contributed by atoms with Crippen molar-refractivity contribution in [3.8, 4) is 0 Å². The van der Waals surface area contributed by atoms with Crippen LogP contribution in [0.15, 0.2) is 0 Å². The van der Waals surface area contributed by atoms with Gasteiger partial charge in [0, 0.05) is 0 Å². The molecule has 0 nitrogen and oxygen atoms in total. The van der Waals surface area contributed by atoms with E-state index in [9.17, 15) is 0 Å². The molecule has 0 aliphatic heterocycles. The topological polar surface area (TPSA) is 0 Å². The van der Waals surface area contributed by atoms with Crippen molar-refractivity contribution in [3.05, 3.63) is 13.8 Å². The summed E-state index contributed by atoms with van der Waals surface area (Å²) in [5.74, 6) is 1.69. The molecule has 1 atom stereocenters. The maximum absolute atomic E-state index is 4.27. The lowest BCUT2D eigenvalue weighted by Crippen LogP contribution is -2.07. The Morgan fingerprint density at radius 3 is 2.42 bits per heavy atom. The van der Waals surface area contributed by atoms with Crippen LogP contribution in [-0.4, -0.2) is 0 Å². The fourth-order valence-corrected chi connectivity index (χ4v) is 2.25. The molecule has 2 radical (unpaired) electrons. The fraction of sp³-hybridized carbons (Fsp3) is 0.833. The zero-order chi connectivity index (χ0) is 8.81. The molecule has 0 spiro atoms. The highest BCUT2D eigenvalue weighted by Gasteiger charge is 2.20. The standard InChI is InChI=1S/C12H22/c1-3-4-5-8-11(2)12-9-6-7-10-12/h11-12H,1-10H2. The van der Waals surface area contributed by atoms with Crippen LogP contribution >= 0.6 is 0 Å². The first-order valence-corrected chi connectivity index (χ1v) is 5.47. The third kappa shape index (κ3) is 3.16. The van der Waals surface area contributed by atoms with Gasteiger partial charge in [0.05, 0.1) is 0 Å². The van der Waals surface area contributed by atoms with E-state index in [4.69, 9.17) is 0 Å². The van der Waals surface area contributed by atoms with E-state index in [1.807, 2.05) is 0 Å². The second-order valence-electron chi connectivity index (χ2n) is 4.15. The smallest absolute Gasteiger partial charge is 0.0386 e. The summed E-state index contributed by atoms with van der Waals surface area (Å²) in [6, 6.07) is 0. The van der Waals surface area contributed by atoms with Crippen LogP contribution in [0, 0.1) is 25.7 Å². The van der Waals surface area contributed by atoms with Gasteiger partial charge in [-0.25, -0.2) is 0 Å². The molecule has 0 N–H and O–H groups in total. The molecule has 1 rings (SSSR count). The van der Waals surface area contributed by atoms with Crippen LogP contribution in [0.2, 0.25) is 0 Å². The fourth-order valence-electron chi connectivity index (χ4n) is 2.25. The summed E-state index contributed by atoms with van der Waals surface area (Å²) in [4.78, 5) is 0. The van der Waals surface area contributed by atoms with E-state index in [0.29, 0.717) is 0 Å². The number of hydrogen-bond donors (Lipinski definition) is 0. The first-order chi connectivity index (χ1) is 5.84. The average Bonchev–Trinajstić information content (AvgIpc) is 2.56. The first kappa shape index (κ1) is 10.1. The molecule has 0 amide bonds. The van der Waals surface area contributed by atoms with Gasteiger partial charge in [0.2, 0.25) is 0 Å². The van der Waals surface area contributed by atoms with Crippen LogP contribution in [0.5, 0.6) is 0 Å². The SMILES string of the molecule is [CH2]CCCCC([CH2])C1CCCC1. The molecule has 0 aromatic rings. The van der Waals surface area contributed by atoms with Gasteiger partial charge in [-0.2, -0.15) is 0 Å². The van der Waals surface area contributed by atoms with Crippen LogP contribution < -0.4 is 0 Å². The van der Waals surface area contributed by atoms with Crippen LogP contribution in [0.25, 0.3) is 0 Å². The van der Waals surface area contributed by atoms with Crippen molar-refractivity contribution in [1.29, 1.82) is 0 Å². The second-order valence-corrected chi connectivity index (χ2v) is 4.15. The van der Waals surface area contributed by atoms with Gasteiger partial charge in [-0.15, -0.1) is 0 Å². The molecule has 0 heteroatoms. The Kier molecular flexibility index (Phi) is 4.72. The van der Waals surface area contributed by atoms with Crippen molar-refractivity contribution in [3.63, 3.8) is 0 Å². The maximum Gasteiger partial charge on any atom is -0.0386 e. The van der Waals surface area contributed by atoms with E-state index >= 15 is 0 Å². The normalized spacial score (nSPS) is 21.5. The lowest BCUT2D eigenvalue weighted by Gasteiger charge is -2.17. The quantitative estimate of drug-likeness (QED) is 0.541. The summed E-state index contributed by atoms with van der Waals surface area (Å²) in [6.45, 7) is 8.13. The number of hydrogen-bond acceptors (Lipinski definition) is 0. The Morgan fingerprint density at radius 2 is 1.83 bits per heavy atom. The summed E-state index contributed by atoms with van der Waals surface area (Å²) in [5.41, 5.74) is 0. The van der Waals surface area contributed by atoms with E-state index in [0.717, 1.165) is 18.3 Å². The maximum atomic E-state index is 4.27. The highest BCUT2D eigenvalue weighted by Crippen LogP contribution is 2.33. The Morgan fingerprint density at radius 1 is 1.17 bits per heavy atom. The third-order valence-corrected chi connectivity index (χ3v) is 3.14. The van der Waals surface area contributed by atoms with Gasteiger partial charge in [-0.3, -0.25) is 0 Å². The van der Waals surface area contributed by atoms with Crippen molar-refractivity contribution in [1.82, 2.24) is 0 Å². The molecule has 12 heavy (non-hydrogen) atoms. The highest BCUT2D eigenvalue weighted by molar-refractivity contribution is 4.76. The minimum Gasteiger partial charge on any atom is -0.0533 e. The molecular weight excluding hydrogens is 144 g/mol. The van der Waals surface area contributed by atoms with Gasteiger partial charge >= 0.3 is 0 Å². The Hall–Kier alpha value is 0.